The van der Waals surface area contributed by atoms with Crippen LogP contribution in [0.5, 0.6) is 0 Å². The van der Waals surface area contributed by atoms with Gasteiger partial charge in [0, 0.05) is 24.3 Å². The highest BCUT2D eigenvalue weighted by molar-refractivity contribution is 5.95. The Morgan fingerprint density at radius 3 is 2.76 bits per heavy atom. The van der Waals surface area contributed by atoms with Crippen molar-refractivity contribution in [3.8, 4) is 0 Å². The molecule has 1 N–H and O–H groups in total. The Kier molecular flexibility index (Phi) is 4.40. The molecule has 0 spiro atoms. The third kappa shape index (κ3) is 3.82. The highest BCUT2D eigenvalue weighted by atomic mass is 16.5. The van der Waals surface area contributed by atoms with Gasteiger partial charge in [-0.25, -0.2) is 4.98 Å². The molecule has 2 heterocycles. The van der Waals surface area contributed by atoms with Gasteiger partial charge in [0.2, 0.25) is 0 Å². The Labute approximate surface area is 148 Å². The van der Waals surface area contributed by atoms with E-state index in [0.29, 0.717) is 24.7 Å². The van der Waals surface area contributed by atoms with Crippen LogP contribution in [0.3, 0.4) is 0 Å². The predicted octanol–water partition coefficient (Wildman–Crippen LogP) is 3.26. The quantitative estimate of drug-likeness (QED) is 0.930. The summed E-state index contributed by atoms with van der Waals surface area (Å²) in [4.78, 5) is 19.2. The van der Waals surface area contributed by atoms with E-state index in [-0.39, 0.29) is 18.1 Å². The van der Waals surface area contributed by atoms with Crippen molar-refractivity contribution in [1.29, 1.82) is 0 Å². The average molecular weight is 337 g/mol. The molecular formula is C20H23N3O2. The molecule has 1 aliphatic heterocycles. The first kappa shape index (κ1) is 16.1. The Balaban J connectivity index is 1.50. The largest absolute Gasteiger partial charge is 0.367 e. The minimum atomic E-state index is -0.0835. The molecule has 0 unspecified atom stereocenters. The number of nitrogens with one attached hydrogen (secondary N) is 1. The van der Waals surface area contributed by atoms with E-state index in [0.717, 1.165) is 11.4 Å². The Morgan fingerprint density at radius 2 is 2.00 bits per heavy atom. The molecule has 2 fully saturated rings. The lowest BCUT2D eigenvalue weighted by Crippen LogP contribution is -2.46. The first-order chi connectivity index (χ1) is 12.2. The fourth-order valence-electron chi connectivity index (χ4n) is 3.23. The summed E-state index contributed by atoms with van der Waals surface area (Å²) < 4.78 is 6.05. The van der Waals surface area contributed by atoms with Crippen LogP contribution in [0, 0.1) is 0 Å². The van der Waals surface area contributed by atoms with Crippen molar-refractivity contribution < 1.29 is 9.53 Å². The zero-order chi connectivity index (χ0) is 17.2. The molecule has 1 aromatic carbocycles. The van der Waals surface area contributed by atoms with E-state index in [4.69, 9.17) is 4.74 Å². The molecular weight excluding hydrogens is 314 g/mol. The SMILES string of the molecule is C[C@@H]1CN(C(=O)c2ccnc(NC3CC3)c2)C[C@@H](c2ccccc2)O1. The molecule has 1 saturated heterocycles. The van der Waals surface area contributed by atoms with Crippen LogP contribution in [0.2, 0.25) is 0 Å². The predicted molar refractivity (Wildman–Crippen MR) is 96.5 cm³/mol. The van der Waals surface area contributed by atoms with Crippen LogP contribution in [0.15, 0.2) is 48.7 Å². The second-order valence-corrected chi connectivity index (χ2v) is 6.90. The topological polar surface area (TPSA) is 54.5 Å². The number of anilines is 1. The standard InChI is InChI=1S/C20H23N3O2/c1-14-12-23(13-18(25-14)15-5-3-2-4-6-15)20(24)16-9-10-21-19(11-16)22-17-7-8-17/h2-6,9-11,14,17-18H,7-8,12-13H2,1H3,(H,21,22)/t14-,18+/m1/s1. The molecule has 4 rings (SSSR count). The van der Waals surface area contributed by atoms with Crippen molar-refractivity contribution >= 4 is 11.7 Å². The number of hydrogen-bond acceptors (Lipinski definition) is 4. The van der Waals surface area contributed by atoms with E-state index in [1.807, 2.05) is 36.1 Å². The minimum Gasteiger partial charge on any atom is -0.367 e. The third-order valence-electron chi connectivity index (χ3n) is 4.66. The molecule has 1 aliphatic carbocycles. The number of morpholine rings is 1. The number of ether oxygens (including phenoxy) is 1. The lowest BCUT2D eigenvalue weighted by Gasteiger charge is -2.37. The number of benzene rings is 1. The number of pyridine rings is 1. The van der Waals surface area contributed by atoms with Crippen molar-refractivity contribution in [2.75, 3.05) is 18.4 Å². The molecule has 130 valence electrons. The first-order valence-electron chi connectivity index (χ1n) is 8.91. The highest BCUT2D eigenvalue weighted by Gasteiger charge is 2.30. The summed E-state index contributed by atoms with van der Waals surface area (Å²) >= 11 is 0. The average Bonchev–Trinajstić information content (AvgIpc) is 3.45. The summed E-state index contributed by atoms with van der Waals surface area (Å²) in [7, 11) is 0. The molecule has 0 radical (unpaired) electrons. The summed E-state index contributed by atoms with van der Waals surface area (Å²) in [5.41, 5.74) is 1.79. The van der Waals surface area contributed by atoms with Gasteiger partial charge < -0.3 is 15.0 Å². The smallest absolute Gasteiger partial charge is 0.254 e. The molecule has 2 atom stereocenters. The maximum Gasteiger partial charge on any atom is 0.254 e. The number of rotatable bonds is 4. The van der Waals surface area contributed by atoms with Gasteiger partial charge in [0.1, 0.15) is 11.9 Å². The van der Waals surface area contributed by atoms with E-state index >= 15 is 0 Å². The van der Waals surface area contributed by atoms with Gasteiger partial charge in [-0.05, 0) is 37.5 Å². The lowest BCUT2D eigenvalue weighted by molar-refractivity contribution is -0.0691. The van der Waals surface area contributed by atoms with Gasteiger partial charge in [0.15, 0.2) is 0 Å². The zero-order valence-electron chi connectivity index (χ0n) is 14.4. The van der Waals surface area contributed by atoms with Crippen molar-refractivity contribution in [2.45, 2.75) is 38.0 Å². The molecule has 1 aromatic heterocycles. The highest BCUT2D eigenvalue weighted by Crippen LogP contribution is 2.27. The van der Waals surface area contributed by atoms with Crippen molar-refractivity contribution in [2.24, 2.45) is 0 Å². The number of amides is 1. The lowest BCUT2D eigenvalue weighted by atomic mass is 10.1. The molecule has 2 aliphatic rings. The summed E-state index contributed by atoms with van der Waals surface area (Å²) in [6.45, 7) is 3.19. The molecule has 25 heavy (non-hydrogen) atoms. The van der Waals surface area contributed by atoms with Gasteiger partial charge in [-0.15, -0.1) is 0 Å². The molecule has 0 bridgehead atoms. The van der Waals surface area contributed by atoms with Crippen LogP contribution >= 0.6 is 0 Å². The van der Waals surface area contributed by atoms with Gasteiger partial charge in [-0.1, -0.05) is 30.3 Å². The summed E-state index contributed by atoms with van der Waals surface area (Å²) in [5.74, 6) is 0.826. The van der Waals surface area contributed by atoms with Gasteiger partial charge in [-0.2, -0.15) is 0 Å². The van der Waals surface area contributed by atoms with Gasteiger partial charge in [0.25, 0.3) is 5.91 Å². The van der Waals surface area contributed by atoms with Crippen molar-refractivity contribution in [3.63, 3.8) is 0 Å². The molecule has 2 aromatic rings. The monoisotopic (exact) mass is 337 g/mol. The van der Waals surface area contributed by atoms with E-state index in [2.05, 4.69) is 22.4 Å². The molecule has 1 amide bonds. The maximum absolute atomic E-state index is 13.0. The van der Waals surface area contributed by atoms with Gasteiger partial charge >= 0.3 is 0 Å². The van der Waals surface area contributed by atoms with Crippen LogP contribution in [0.4, 0.5) is 5.82 Å². The fraction of sp³-hybridized carbons (Fsp3) is 0.400. The minimum absolute atomic E-state index is 0.00815. The van der Waals surface area contributed by atoms with Gasteiger partial charge in [0.05, 0.1) is 12.6 Å². The van der Waals surface area contributed by atoms with Crippen LogP contribution < -0.4 is 5.32 Å². The summed E-state index contributed by atoms with van der Waals surface area (Å²) in [6.07, 6.45) is 3.99. The van der Waals surface area contributed by atoms with Gasteiger partial charge in [-0.3, -0.25) is 4.79 Å². The number of carbonyl (C=O) groups excluding carboxylic acids is 1. The fourth-order valence-corrected chi connectivity index (χ4v) is 3.23. The number of hydrogen-bond donors (Lipinski definition) is 1. The van der Waals surface area contributed by atoms with Crippen LogP contribution in [-0.4, -0.2) is 41.0 Å². The van der Waals surface area contributed by atoms with Crippen molar-refractivity contribution in [3.05, 3.63) is 59.8 Å². The van der Waals surface area contributed by atoms with Crippen LogP contribution in [-0.2, 0) is 4.74 Å². The van der Waals surface area contributed by atoms with E-state index in [9.17, 15) is 4.79 Å². The van der Waals surface area contributed by atoms with Crippen LogP contribution in [0.1, 0.15) is 41.8 Å². The Hall–Kier alpha value is -2.40. The zero-order valence-corrected chi connectivity index (χ0v) is 14.4. The number of nitrogens with zero attached hydrogens (tertiary/aromatic N) is 2. The van der Waals surface area contributed by atoms with Crippen molar-refractivity contribution in [1.82, 2.24) is 9.88 Å². The third-order valence-corrected chi connectivity index (χ3v) is 4.66. The number of aromatic nitrogens is 1. The van der Waals surface area contributed by atoms with Crippen LogP contribution in [0.25, 0.3) is 0 Å². The maximum atomic E-state index is 13.0. The second kappa shape index (κ2) is 6.84. The van der Waals surface area contributed by atoms with E-state index in [1.165, 1.54) is 12.8 Å². The molecule has 5 heteroatoms. The molecule has 1 saturated carbocycles. The Bertz CT molecular complexity index is 746. The Morgan fingerprint density at radius 1 is 1.20 bits per heavy atom. The molecule has 5 nitrogen and oxygen atoms in total. The normalized spacial score (nSPS) is 23.3. The van der Waals surface area contributed by atoms with E-state index in [1.54, 1.807) is 12.3 Å². The van der Waals surface area contributed by atoms with E-state index < -0.39 is 0 Å². The first-order valence-corrected chi connectivity index (χ1v) is 8.91. The number of carbonyl (C=O) groups is 1. The summed E-state index contributed by atoms with van der Waals surface area (Å²) in [6, 6.07) is 14.3. The summed E-state index contributed by atoms with van der Waals surface area (Å²) in [5, 5.41) is 3.35. The second-order valence-electron chi connectivity index (χ2n) is 6.90.